The normalized spacial score (nSPS) is 13.8. The summed E-state index contributed by atoms with van der Waals surface area (Å²) in [7, 11) is 2.92. The fourth-order valence-electron chi connectivity index (χ4n) is 0.354. The van der Waals surface area contributed by atoms with Gasteiger partial charge in [0.2, 0.25) is 0 Å². The first-order valence-corrected chi connectivity index (χ1v) is 13.1. The highest BCUT2D eigenvalue weighted by atomic mass is 29.5. The van der Waals surface area contributed by atoms with Gasteiger partial charge in [-0.25, -0.2) is 0 Å². The van der Waals surface area contributed by atoms with Crippen molar-refractivity contribution in [2.45, 2.75) is 13.0 Å². The smallest absolute Gasteiger partial charge is 0.00426 e. The second-order valence-corrected chi connectivity index (χ2v) is 18.2. The van der Waals surface area contributed by atoms with Crippen molar-refractivity contribution in [2.75, 3.05) is 0 Å². The number of rotatable bonds is 2. The van der Waals surface area contributed by atoms with Crippen LogP contribution in [-0.4, -0.2) is 27.4 Å². The molecule has 0 saturated carbocycles. The molecule has 0 aromatic rings. The van der Waals surface area contributed by atoms with E-state index in [-0.39, 0.29) is 0 Å². The highest BCUT2D eigenvalue weighted by molar-refractivity contribution is 7.23. The highest BCUT2D eigenvalue weighted by Crippen LogP contribution is 1.63. The lowest BCUT2D eigenvalue weighted by Crippen LogP contribution is -1.98. The SMILES string of the molecule is CC[SiH2][SiH2][SiH3]. The summed E-state index contributed by atoms with van der Waals surface area (Å²) in [5, 5.41) is 0. The molecule has 0 unspecified atom stereocenters. The molecule has 0 atom stereocenters. The Bertz CT molecular complexity index is 12.4. The van der Waals surface area contributed by atoms with Gasteiger partial charge in [-0.3, -0.25) is 0 Å². The van der Waals surface area contributed by atoms with E-state index in [1.54, 1.807) is 15.8 Å². The van der Waals surface area contributed by atoms with Crippen LogP contribution >= 0.6 is 0 Å². The van der Waals surface area contributed by atoms with E-state index in [0.29, 0.717) is 17.6 Å². The summed E-state index contributed by atoms with van der Waals surface area (Å²) in [6, 6.07) is 1.58. The molecule has 0 saturated heterocycles. The first-order chi connectivity index (χ1) is 2.41. The summed E-state index contributed by atoms with van der Waals surface area (Å²) >= 11 is 0. The van der Waals surface area contributed by atoms with Crippen LogP contribution in [0.2, 0.25) is 6.04 Å². The maximum Gasteiger partial charge on any atom is 0.00426 e. The molecule has 0 aromatic carbocycles. The molecule has 3 heteroatoms. The van der Waals surface area contributed by atoms with Gasteiger partial charge in [0.25, 0.3) is 0 Å². The second kappa shape index (κ2) is 4.65. The average Bonchev–Trinajstić information content (AvgIpc) is 1.41. The lowest BCUT2D eigenvalue weighted by Gasteiger charge is -1.76. The molecule has 0 radical (unpaired) electrons. The first kappa shape index (κ1) is 5.65. The van der Waals surface area contributed by atoms with Gasteiger partial charge in [0.15, 0.2) is 0 Å². The molecular formula is C2H12Si3. The topological polar surface area (TPSA) is 0 Å². The Hall–Kier alpha value is 0.651. The predicted molar refractivity (Wildman–Crippen MR) is 37.5 cm³/mol. The number of hydrogen-bond acceptors (Lipinski definition) is 0. The first-order valence-electron chi connectivity index (χ1n) is 2.41. The molecule has 0 N–H and O–H groups in total. The van der Waals surface area contributed by atoms with E-state index in [4.69, 9.17) is 0 Å². The predicted octanol–water partition coefficient (Wildman–Crippen LogP) is -2.04. The van der Waals surface area contributed by atoms with Crippen molar-refractivity contribution < 1.29 is 0 Å². The standard InChI is InChI=1S/C2H12Si3/c1-2-4-5-3/h2,4-5H2,1,3H3. The van der Waals surface area contributed by atoms with Gasteiger partial charge in [0.1, 0.15) is 0 Å². The van der Waals surface area contributed by atoms with Crippen molar-refractivity contribution in [2.24, 2.45) is 0 Å². The minimum Gasteiger partial charge on any atom is -0.0685 e. The van der Waals surface area contributed by atoms with Crippen LogP contribution in [0.3, 0.4) is 0 Å². The second-order valence-electron chi connectivity index (χ2n) is 1.35. The van der Waals surface area contributed by atoms with Gasteiger partial charge in [-0.2, -0.15) is 0 Å². The van der Waals surface area contributed by atoms with Crippen molar-refractivity contribution in [1.29, 1.82) is 0 Å². The minimum atomic E-state index is 0.633. The summed E-state index contributed by atoms with van der Waals surface area (Å²) in [5.74, 6) is 0. The molecule has 0 heterocycles. The monoisotopic (exact) mass is 120 g/mol. The highest BCUT2D eigenvalue weighted by Gasteiger charge is 1.71. The Labute approximate surface area is 41.0 Å². The molecule has 0 aliphatic rings. The Kier molecular flexibility index (Phi) is 5.26. The van der Waals surface area contributed by atoms with Gasteiger partial charge in [0.05, 0.1) is 0 Å². The summed E-state index contributed by atoms with van der Waals surface area (Å²) in [5.41, 5.74) is 0. The van der Waals surface area contributed by atoms with Gasteiger partial charge >= 0.3 is 0 Å². The molecule has 0 aromatic heterocycles. The average molecular weight is 120 g/mol. The lowest BCUT2D eigenvalue weighted by atomic mass is 11.0. The third-order valence-electron chi connectivity index (χ3n) is 0.707. The van der Waals surface area contributed by atoms with Gasteiger partial charge in [-0.05, 0) is 18.3 Å². The van der Waals surface area contributed by atoms with Crippen molar-refractivity contribution in [3.8, 4) is 0 Å². The van der Waals surface area contributed by atoms with E-state index in [1.807, 2.05) is 0 Å². The fourth-order valence-corrected chi connectivity index (χ4v) is 9.55. The van der Waals surface area contributed by atoms with Crippen molar-refractivity contribution in [3.05, 3.63) is 0 Å². The van der Waals surface area contributed by atoms with Crippen LogP contribution < -0.4 is 0 Å². The Morgan fingerprint density at radius 3 is 2.40 bits per heavy atom. The molecule has 5 heavy (non-hydrogen) atoms. The van der Waals surface area contributed by atoms with E-state index < -0.39 is 0 Å². The van der Waals surface area contributed by atoms with E-state index in [9.17, 15) is 0 Å². The van der Waals surface area contributed by atoms with Crippen LogP contribution in [-0.2, 0) is 0 Å². The van der Waals surface area contributed by atoms with Crippen LogP contribution in [0.15, 0.2) is 0 Å². The van der Waals surface area contributed by atoms with Crippen molar-refractivity contribution in [1.82, 2.24) is 0 Å². The van der Waals surface area contributed by atoms with E-state index >= 15 is 0 Å². The number of hydrogen-bond donors (Lipinski definition) is 0. The summed E-state index contributed by atoms with van der Waals surface area (Å²) in [6.07, 6.45) is 0. The molecule has 0 spiro atoms. The fraction of sp³-hybridized carbons (Fsp3) is 1.00. The summed E-state index contributed by atoms with van der Waals surface area (Å²) in [4.78, 5) is 0. The third kappa shape index (κ3) is 4.65. The third-order valence-corrected chi connectivity index (χ3v) is 12.7. The molecule has 32 valence electrons. The molecule has 0 rings (SSSR count). The van der Waals surface area contributed by atoms with Crippen LogP contribution in [0.5, 0.6) is 0 Å². The molecule has 0 amide bonds. The van der Waals surface area contributed by atoms with Crippen LogP contribution in [0, 0.1) is 0 Å². The Morgan fingerprint density at radius 2 is 2.40 bits per heavy atom. The van der Waals surface area contributed by atoms with E-state index in [0.717, 1.165) is 0 Å². The minimum absolute atomic E-state index is 0.633. The molecule has 0 aliphatic heterocycles. The molecule has 0 nitrogen and oxygen atoms in total. The summed E-state index contributed by atoms with van der Waals surface area (Å²) < 4.78 is 0. The Morgan fingerprint density at radius 1 is 1.80 bits per heavy atom. The lowest BCUT2D eigenvalue weighted by molar-refractivity contribution is 1.47. The zero-order valence-electron chi connectivity index (χ0n) is 4.12. The maximum absolute atomic E-state index is 2.33. The molecule has 0 bridgehead atoms. The zero-order chi connectivity index (χ0) is 4.12. The molecule has 0 aliphatic carbocycles. The van der Waals surface area contributed by atoms with E-state index in [1.165, 1.54) is 0 Å². The summed E-state index contributed by atoms with van der Waals surface area (Å²) in [6.45, 7) is 2.33. The van der Waals surface area contributed by atoms with Crippen molar-refractivity contribution >= 4 is 27.4 Å². The maximum atomic E-state index is 2.33. The quantitative estimate of drug-likeness (QED) is 0.368. The van der Waals surface area contributed by atoms with Crippen LogP contribution in [0.25, 0.3) is 0 Å². The zero-order valence-corrected chi connectivity index (χ0v) is 8.95. The van der Waals surface area contributed by atoms with Crippen LogP contribution in [0.1, 0.15) is 6.92 Å². The van der Waals surface area contributed by atoms with Gasteiger partial charge in [0, 0.05) is 9.04 Å². The van der Waals surface area contributed by atoms with Crippen molar-refractivity contribution in [3.63, 3.8) is 0 Å². The Balaban J connectivity index is 2.19. The molecule has 0 fully saturated rings. The van der Waals surface area contributed by atoms with Gasteiger partial charge < -0.3 is 0 Å². The van der Waals surface area contributed by atoms with Crippen LogP contribution in [0.4, 0.5) is 0 Å². The van der Waals surface area contributed by atoms with Gasteiger partial charge in [-0.1, -0.05) is 13.0 Å². The van der Waals surface area contributed by atoms with Gasteiger partial charge in [-0.15, -0.1) is 0 Å². The largest absolute Gasteiger partial charge is 0.0685 e. The van der Waals surface area contributed by atoms with E-state index in [2.05, 4.69) is 6.92 Å². The molecular weight excluding hydrogens is 108 g/mol.